The summed E-state index contributed by atoms with van der Waals surface area (Å²) < 4.78 is 11.3. The number of carbonyl (C=O) groups is 1. The number of tetrazole rings is 1. The van der Waals surface area contributed by atoms with Crippen LogP contribution in [0.1, 0.15) is 64.3 Å². The molecule has 2 aromatic carbocycles. The zero-order valence-electron chi connectivity index (χ0n) is 22.9. The van der Waals surface area contributed by atoms with Crippen LogP contribution < -0.4 is 4.74 Å². The van der Waals surface area contributed by atoms with Crippen LogP contribution >= 0.6 is 0 Å². The maximum absolute atomic E-state index is 12.1. The molecule has 1 unspecified atom stereocenters. The summed E-state index contributed by atoms with van der Waals surface area (Å²) in [4.78, 5) is 17.6. The van der Waals surface area contributed by atoms with Crippen LogP contribution in [0, 0.1) is 5.41 Å². The van der Waals surface area contributed by atoms with Crippen molar-refractivity contribution in [1.29, 1.82) is 0 Å². The predicted molar refractivity (Wildman–Crippen MR) is 145 cm³/mol. The topological polar surface area (TPSA) is 92.0 Å². The minimum absolute atomic E-state index is 0.0212. The van der Waals surface area contributed by atoms with E-state index in [2.05, 4.69) is 65.4 Å². The minimum Gasteiger partial charge on any atom is -0.487 e. The van der Waals surface area contributed by atoms with E-state index in [0.717, 1.165) is 17.0 Å². The SMILES string of the molecule is CC(C)(C)OC(=O)Cn1nnc(-c2ccc(C(c3ccc(OCc4ccccn4)cc3)C(C)(C)C)cc2)n1. The lowest BCUT2D eigenvalue weighted by Crippen LogP contribution is -2.27. The Bertz CT molecular complexity index is 1340. The van der Waals surface area contributed by atoms with E-state index < -0.39 is 11.6 Å². The molecule has 0 bridgehead atoms. The molecule has 38 heavy (non-hydrogen) atoms. The van der Waals surface area contributed by atoms with Crippen molar-refractivity contribution in [2.75, 3.05) is 0 Å². The Balaban J connectivity index is 1.47. The fourth-order valence-electron chi connectivity index (χ4n) is 4.33. The van der Waals surface area contributed by atoms with Gasteiger partial charge in [-0.05, 0) is 66.8 Å². The highest BCUT2D eigenvalue weighted by molar-refractivity contribution is 5.69. The second kappa shape index (κ2) is 11.1. The molecule has 0 spiro atoms. The fraction of sp³-hybridized carbons (Fsp3) is 0.367. The van der Waals surface area contributed by atoms with Crippen molar-refractivity contribution in [3.63, 3.8) is 0 Å². The van der Waals surface area contributed by atoms with Crippen molar-refractivity contribution in [1.82, 2.24) is 25.2 Å². The maximum Gasteiger partial charge on any atom is 0.330 e. The summed E-state index contributed by atoms with van der Waals surface area (Å²) in [7, 11) is 0. The molecule has 4 rings (SSSR count). The quantitative estimate of drug-likeness (QED) is 0.274. The highest BCUT2D eigenvalue weighted by Gasteiger charge is 2.28. The van der Waals surface area contributed by atoms with Gasteiger partial charge in [-0.2, -0.15) is 4.80 Å². The molecule has 0 aliphatic carbocycles. The molecule has 8 nitrogen and oxygen atoms in total. The Morgan fingerprint density at radius 2 is 1.55 bits per heavy atom. The van der Waals surface area contributed by atoms with Crippen LogP contribution in [0.3, 0.4) is 0 Å². The number of nitrogens with zero attached hydrogens (tertiary/aromatic N) is 5. The first-order valence-corrected chi connectivity index (χ1v) is 12.7. The Hall–Kier alpha value is -4.07. The van der Waals surface area contributed by atoms with Crippen LogP contribution in [0.25, 0.3) is 11.4 Å². The average molecular weight is 514 g/mol. The summed E-state index contributed by atoms with van der Waals surface area (Å²) >= 11 is 0. The molecule has 2 heterocycles. The van der Waals surface area contributed by atoms with Gasteiger partial charge in [0.15, 0.2) is 6.54 Å². The molecule has 8 heteroatoms. The van der Waals surface area contributed by atoms with Crippen molar-refractivity contribution >= 4 is 5.97 Å². The molecule has 1 atom stereocenters. The average Bonchev–Trinajstić information content (AvgIpc) is 3.31. The number of carbonyl (C=O) groups excluding carboxylic acids is 1. The van der Waals surface area contributed by atoms with Crippen molar-refractivity contribution < 1.29 is 14.3 Å². The molecular formula is C30H35N5O3. The lowest BCUT2D eigenvalue weighted by Gasteiger charge is -2.32. The number of pyridine rings is 1. The molecule has 0 amide bonds. The Morgan fingerprint density at radius 1 is 0.895 bits per heavy atom. The molecular weight excluding hydrogens is 478 g/mol. The number of ether oxygens (including phenoxy) is 2. The van der Waals surface area contributed by atoms with Crippen LogP contribution in [-0.2, 0) is 22.7 Å². The Morgan fingerprint density at radius 3 is 2.13 bits per heavy atom. The van der Waals surface area contributed by atoms with Crippen molar-refractivity contribution in [3.05, 3.63) is 89.7 Å². The normalized spacial score (nSPS) is 12.7. The summed E-state index contributed by atoms with van der Waals surface area (Å²) in [6.07, 6.45) is 1.77. The molecule has 0 saturated heterocycles. The highest BCUT2D eigenvalue weighted by Crippen LogP contribution is 2.41. The van der Waals surface area contributed by atoms with Crippen molar-refractivity contribution in [2.45, 2.75) is 66.2 Å². The number of hydrogen-bond acceptors (Lipinski definition) is 7. The molecule has 4 aromatic rings. The minimum atomic E-state index is -0.563. The zero-order valence-corrected chi connectivity index (χ0v) is 22.9. The first-order chi connectivity index (χ1) is 18.0. The van der Waals surface area contributed by atoms with E-state index in [4.69, 9.17) is 9.47 Å². The molecule has 0 aliphatic rings. The standard InChI is InChI=1S/C30H35N5O3/c1-29(2,3)27(22-14-16-25(17-15-22)37-20-24-9-7-8-18-31-24)21-10-12-23(13-11-21)28-32-34-35(33-28)19-26(36)38-30(4,5)6/h7-18,27H,19-20H2,1-6H3. The highest BCUT2D eigenvalue weighted by atomic mass is 16.6. The van der Waals surface area contributed by atoms with Crippen molar-refractivity contribution in [3.8, 4) is 17.1 Å². The Labute approximate surface area is 224 Å². The summed E-state index contributed by atoms with van der Waals surface area (Å²) in [5, 5.41) is 12.5. The van der Waals surface area contributed by atoms with Gasteiger partial charge in [-0.15, -0.1) is 10.2 Å². The van der Waals surface area contributed by atoms with Gasteiger partial charge in [0, 0.05) is 17.7 Å². The first-order valence-electron chi connectivity index (χ1n) is 12.7. The van der Waals surface area contributed by atoms with Gasteiger partial charge in [0.05, 0.1) is 5.69 Å². The van der Waals surface area contributed by atoms with Crippen molar-refractivity contribution in [2.24, 2.45) is 5.41 Å². The summed E-state index contributed by atoms with van der Waals surface area (Å²) in [5.41, 5.74) is 3.53. The third-order valence-corrected chi connectivity index (χ3v) is 5.84. The van der Waals surface area contributed by atoms with Crippen LogP contribution in [0.5, 0.6) is 5.75 Å². The Kier molecular flexibility index (Phi) is 7.90. The summed E-state index contributed by atoms with van der Waals surface area (Å²) in [6.45, 7) is 12.5. The lowest BCUT2D eigenvalue weighted by molar-refractivity contribution is -0.156. The number of hydrogen-bond donors (Lipinski definition) is 0. The largest absolute Gasteiger partial charge is 0.487 e. The van der Waals surface area contributed by atoms with E-state index in [9.17, 15) is 4.79 Å². The van der Waals surface area contributed by atoms with Crippen LogP contribution in [0.15, 0.2) is 72.9 Å². The lowest BCUT2D eigenvalue weighted by atomic mass is 9.72. The van der Waals surface area contributed by atoms with E-state index in [1.165, 1.54) is 15.9 Å². The number of esters is 1. The molecule has 0 aliphatic heterocycles. The van der Waals surface area contributed by atoms with E-state index in [-0.39, 0.29) is 17.9 Å². The molecule has 198 valence electrons. The molecule has 0 fully saturated rings. The van der Waals surface area contributed by atoms with E-state index in [1.54, 1.807) is 6.20 Å². The smallest absolute Gasteiger partial charge is 0.330 e. The monoisotopic (exact) mass is 513 g/mol. The third kappa shape index (κ3) is 7.25. The first kappa shape index (κ1) is 27.0. The fourth-order valence-corrected chi connectivity index (χ4v) is 4.33. The zero-order chi connectivity index (χ0) is 27.3. The predicted octanol–water partition coefficient (Wildman–Crippen LogP) is 5.83. The van der Waals surface area contributed by atoms with Gasteiger partial charge in [-0.25, -0.2) is 4.79 Å². The molecule has 0 saturated carbocycles. The van der Waals surface area contributed by atoms with E-state index in [0.29, 0.717) is 12.4 Å². The van der Waals surface area contributed by atoms with Crippen LogP contribution in [0.4, 0.5) is 0 Å². The summed E-state index contributed by atoms with van der Waals surface area (Å²) in [6, 6.07) is 22.3. The molecule has 0 N–H and O–H groups in total. The van der Waals surface area contributed by atoms with Gasteiger partial charge < -0.3 is 9.47 Å². The van der Waals surface area contributed by atoms with Gasteiger partial charge >= 0.3 is 5.97 Å². The van der Waals surface area contributed by atoms with E-state index in [1.807, 2.05) is 63.2 Å². The van der Waals surface area contributed by atoms with Gasteiger partial charge in [0.1, 0.15) is 18.0 Å². The van der Waals surface area contributed by atoms with Crippen LogP contribution in [0.2, 0.25) is 0 Å². The van der Waals surface area contributed by atoms with Gasteiger partial charge in [-0.1, -0.05) is 63.2 Å². The second-order valence-electron chi connectivity index (χ2n) is 11.3. The number of aromatic nitrogens is 5. The molecule has 2 aromatic heterocycles. The summed E-state index contributed by atoms with van der Waals surface area (Å²) in [5.74, 6) is 1.03. The van der Waals surface area contributed by atoms with E-state index >= 15 is 0 Å². The number of rotatable bonds is 8. The van der Waals surface area contributed by atoms with Gasteiger partial charge in [0.25, 0.3) is 0 Å². The number of benzene rings is 2. The van der Waals surface area contributed by atoms with Gasteiger partial charge in [0.2, 0.25) is 5.82 Å². The van der Waals surface area contributed by atoms with Crippen LogP contribution in [-0.4, -0.2) is 36.8 Å². The third-order valence-electron chi connectivity index (χ3n) is 5.84. The second-order valence-corrected chi connectivity index (χ2v) is 11.3. The molecule has 0 radical (unpaired) electrons. The van der Waals surface area contributed by atoms with Gasteiger partial charge in [-0.3, -0.25) is 4.98 Å². The maximum atomic E-state index is 12.1.